The first-order chi connectivity index (χ1) is 11.5. The van der Waals surface area contributed by atoms with Crippen LogP contribution in [0.2, 0.25) is 0 Å². The van der Waals surface area contributed by atoms with Crippen LogP contribution >= 0.6 is 11.3 Å². The molecule has 8 heteroatoms. The maximum atomic E-state index is 12.5. The summed E-state index contributed by atoms with van der Waals surface area (Å²) in [4.78, 5) is 17.4. The largest absolute Gasteiger partial charge is 0.397 e. The highest BCUT2D eigenvalue weighted by Crippen LogP contribution is 2.34. The highest BCUT2D eigenvalue weighted by atomic mass is 32.1. The summed E-state index contributed by atoms with van der Waals surface area (Å²) in [5.74, 6) is -0.227. The number of pyridine rings is 1. The van der Waals surface area contributed by atoms with Crippen molar-refractivity contribution in [2.24, 2.45) is 0 Å². The van der Waals surface area contributed by atoms with Crippen LogP contribution in [0.4, 0.5) is 11.5 Å². The number of nitriles is 2. The van der Waals surface area contributed by atoms with Crippen molar-refractivity contribution in [3.05, 3.63) is 39.9 Å². The van der Waals surface area contributed by atoms with Gasteiger partial charge in [-0.3, -0.25) is 4.79 Å². The predicted octanol–water partition coefficient (Wildman–Crippen LogP) is 2.19. The van der Waals surface area contributed by atoms with Gasteiger partial charge < -0.3 is 16.8 Å². The first kappa shape index (κ1) is 15.5. The molecule has 5 N–H and O–H groups in total. The number of carbonyl (C=O) groups is 1. The molecule has 7 nitrogen and oxygen atoms in total. The molecule has 0 atom stereocenters. The molecule has 0 aliphatic heterocycles. The third-order valence-electron chi connectivity index (χ3n) is 3.64. The molecule has 0 saturated carbocycles. The number of nitrogens with two attached hydrogens (primary N) is 2. The monoisotopic (exact) mass is 336 g/mol. The van der Waals surface area contributed by atoms with Crippen molar-refractivity contribution in [3.63, 3.8) is 0 Å². The van der Waals surface area contributed by atoms with E-state index in [9.17, 15) is 4.79 Å². The lowest BCUT2D eigenvalue weighted by Gasteiger charge is -2.12. The summed E-state index contributed by atoms with van der Waals surface area (Å²) in [6, 6.07) is 5.58. The summed E-state index contributed by atoms with van der Waals surface area (Å²) in [5.41, 5.74) is 13.7. The normalized spacial score (nSPS) is 13.6. The van der Waals surface area contributed by atoms with Crippen LogP contribution in [0.5, 0.6) is 0 Å². The molecule has 3 rings (SSSR count). The Labute approximate surface area is 141 Å². The highest BCUT2D eigenvalue weighted by Gasteiger charge is 2.20. The molecule has 2 aromatic rings. The first-order valence-corrected chi connectivity index (χ1v) is 7.85. The highest BCUT2D eigenvalue weighted by molar-refractivity contribution is 7.21. The third kappa shape index (κ3) is 2.67. The van der Waals surface area contributed by atoms with E-state index in [-0.39, 0.29) is 23.0 Å². The quantitative estimate of drug-likeness (QED) is 0.767. The lowest BCUT2D eigenvalue weighted by Crippen LogP contribution is -2.23. The Kier molecular flexibility index (Phi) is 3.90. The topological polar surface area (TPSA) is 142 Å². The SMILES string of the molecule is N#CC1=CC=C(NC(=O)c2sc3nc(N)c(C#N)cc3c2N)CC1. The lowest BCUT2D eigenvalue weighted by molar-refractivity contribution is 0.0969. The van der Waals surface area contributed by atoms with Crippen molar-refractivity contribution < 1.29 is 4.79 Å². The number of anilines is 2. The fraction of sp³-hybridized carbons (Fsp3) is 0.125. The number of amides is 1. The molecule has 24 heavy (non-hydrogen) atoms. The number of nitrogens with zero attached hydrogens (tertiary/aromatic N) is 3. The van der Waals surface area contributed by atoms with Crippen LogP contribution in [0.3, 0.4) is 0 Å². The zero-order chi connectivity index (χ0) is 17.3. The van der Waals surface area contributed by atoms with Gasteiger partial charge in [-0.1, -0.05) is 0 Å². The number of rotatable bonds is 2. The molecule has 2 aromatic heterocycles. The molecule has 0 fully saturated rings. The number of hydrogen-bond acceptors (Lipinski definition) is 7. The Hall–Kier alpha value is -3.36. The van der Waals surface area contributed by atoms with Crippen molar-refractivity contribution in [1.29, 1.82) is 10.5 Å². The Morgan fingerprint density at radius 2 is 2.04 bits per heavy atom. The van der Waals surface area contributed by atoms with Crippen LogP contribution in [-0.2, 0) is 0 Å². The fourth-order valence-corrected chi connectivity index (χ4v) is 3.33. The summed E-state index contributed by atoms with van der Waals surface area (Å²) in [7, 11) is 0. The van der Waals surface area contributed by atoms with E-state index in [2.05, 4.69) is 16.4 Å². The second-order valence-corrected chi connectivity index (χ2v) is 6.18. The number of nitrogens with one attached hydrogen (secondary N) is 1. The number of allylic oxidation sites excluding steroid dienone is 4. The van der Waals surface area contributed by atoms with Gasteiger partial charge in [-0.05, 0) is 31.1 Å². The second kappa shape index (κ2) is 6.03. The summed E-state index contributed by atoms with van der Waals surface area (Å²) in [6.07, 6.45) is 4.58. The molecule has 1 aliphatic carbocycles. The van der Waals surface area contributed by atoms with E-state index in [0.29, 0.717) is 33.5 Å². The van der Waals surface area contributed by atoms with Crippen LogP contribution < -0.4 is 16.8 Å². The summed E-state index contributed by atoms with van der Waals surface area (Å²) in [6.45, 7) is 0. The Balaban J connectivity index is 1.93. The molecule has 0 bridgehead atoms. The van der Waals surface area contributed by atoms with Gasteiger partial charge in [-0.15, -0.1) is 11.3 Å². The number of hydrogen-bond donors (Lipinski definition) is 3. The number of nitrogen functional groups attached to an aromatic ring is 2. The molecule has 118 valence electrons. The average molecular weight is 336 g/mol. The van der Waals surface area contributed by atoms with E-state index in [1.807, 2.05) is 6.07 Å². The number of thiophene rings is 1. The molecular weight excluding hydrogens is 324 g/mol. The zero-order valence-electron chi connectivity index (χ0n) is 12.5. The fourth-order valence-electron chi connectivity index (χ4n) is 2.35. The van der Waals surface area contributed by atoms with Crippen molar-refractivity contribution in [3.8, 4) is 12.1 Å². The Morgan fingerprint density at radius 3 is 2.67 bits per heavy atom. The molecule has 1 aliphatic rings. The molecule has 0 aromatic carbocycles. The number of carbonyl (C=O) groups excluding carboxylic acids is 1. The van der Waals surface area contributed by atoms with Gasteiger partial charge in [0.1, 0.15) is 21.6 Å². The number of aromatic nitrogens is 1. The van der Waals surface area contributed by atoms with Crippen LogP contribution in [0.1, 0.15) is 28.1 Å². The van der Waals surface area contributed by atoms with Gasteiger partial charge in [0, 0.05) is 16.7 Å². The molecule has 0 unspecified atom stereocenters. The second-order valence-electron chi connectivity index (χ2n) is 5.18. The van der Waals surface area contributed by atoms with Crippen molar-refractivity contribution in [1.82, 2.24) is 10.3 Å². The average Bonchev–Trinajstić information content (AvgIpc) is 2.90. The van der Waals surface area contributed by atoms with E-state index in [1.165, 1.54) is 0 Å². The minimum absolute atomic E-state index is 0.113. The van der Waals surface area contributed by atoms with Gasteiger partial charge in [0.05, 0.1) is 17.3 Å². The summed E-state index contributed by atoms with van der Waals surface area (Å²) < 4.78 is 0. The molecular formula is C16H12N6OS. The molecule has 2 heterocycles. The summed E-state index contributed by atoms with van der Waals surface area (Å²) in [5, 5.41) is 21.2. The molecule has 0 spiro atoms. The maximum absolute atomic E-state index is 12.5. The van der Waals surface area contributed by atoms with E-state index in [4.69, 9.17) is 22.0 Å². The van der Waals surface area contributed by atoms with E-state index < -0.39 is 0 Å². The minimum atomic E-state index is -0.340. The van der Waals surface area contributed by atoms with E-state index in [0.717, 1.165) is 17.0 Å². The smallest absolute Gasteiger partial charge is 0.267 e. The van der Waals surface area contributed by atoms with E-state index in [1.54, 1.807) is 18.2 Å². The molecule has 0 radical (unpaired) electrons. The molecule has 0 saturated heterocycles. The van der Waals surface area contributed by atoms with Gasteiger partial charge >= 0.3 is 0 Å². The summed E-state index contributed by atoms with van der Waals surface area (Å²) >= 11 is 1.13. The zero-order valence-corrected chi connectivity index (χ0v) is 13.3. The third-order valence-corrected chi connectivity index (χ3v) is 4.76. The van der Waals surface area contributed by atoms with Crippen molar-refractivity contribution in [2.45, 2.75) is 12.8 Å². The Bertz CT molecular complexity index is 1000. The minimum Gasteiger partial charge on any atom is -0.397 e. The van der Waals surface area contributed by atoms with Gasteiger partial charge in [0.15, 0.2) is 0 Å². The first-order valence-electron chi connectivity index (χ1n) is 7.03. The van der Waals surface area contributed by atoms with Crippen LogP contribution in [0.25, 0.3) is 10.2 Å². The lowest BCUT2D eigenvalue weighted by atomic mass is 10.0. The van der Waals surface area contributed by atoms with Crippen LogP contribution in [0.15, 0.2) is 29.5 Å². The van der Waals surface area contributed by atoms with Gasteiger partial charge in [0.25, 0.3) is 5.91 Å². The van der Waals surface area contributed by atoms with Gasteiger partial charge in [-0.25, -0.2) is 4.98 Å². The van der Waals surface area contributed by atoms with Crippen LogP contribution in [-0.4, -0.2) is 10.9 Å². The predicted molar refractivity (Wildman–Crippen MR) is 91.6 cm³/mol. The van der Waals surface area contributed by atoms with Crippen molar-refractivity contribution in [2.75, 3.05) is 11.5 Å². The van der Waals surface area contributed by atoms with E-state index >= 15 is 0 Å². The number of fused-ring (bicyclic) bond motifs is 1. The maximum Gasteiger partial charge on any atom is 0.267 e. The molecule has 1 amide bonds. The Morgan fingerprint density at radius 1 is 1.25 bits per heavy atom. The van der Waals surface area contributed by atoms with Crippen molar-refractivity contribution >= 4 is 39.0 Å². The van der Waals surface area contributed by atoms with Gasteiger partial charge in [0.2, 0.25) is 0 Å². The van der Waals surface area contributed by atoms with Crippen LogP contribution in [0, 0.1) is 22.7 Å². The standard InChI is InChI=1S/C16H12N6OS/c17-6-8-1-3-10(4-2-8)21-15(23)13-12(19)11-5-9(7-18)14(20)22-16(11)24-13/h1,3,5H,2,4,19H2,(H2,20,22)(H,21,23). The van der Waals surface area contributed by atoms with Gasteiger partial charge in [-0.2, -0.15) is 10.5 Å².